The summed E-state index contributed by atoms with van der Waals surface area (Å²) in [6.07, 6.45) is 5.24. The summed E-state index contributed by atoms with van der Waals surface area (Å²) in [7, 11) is 1.28. The van der Waals surface area contributed by atoms with Crippen molar-refractivity contribution in [2.75, 3.05) is 31.6 Å². The third-order valence-corrected chi connectivity index (χ3v) is 7.31. The number of hydrogen-bond donors (Lipinski definition) is 3. The van der Waals surface area contributed by atoms with Crippen LogP contribution in [0.4, 0.5) is 14.9 Å². The minimum atomic E-state index is -0.609. The number of halogens is 1. The van der Waals surface area contributed by atoms with Crippen LogP contribution in [-0.2, 0) is 9.53 Å². The maximum atomic E-state index is 13.4. The molecule has 3 aliphatic heterocycles. The molecule has 2 aromatic rings. The monoisotopic (exact) mass is 493 g/mol. The van der Waals surface area contributed by atoms with E-state index in [-0.39, 0.29) is 36.5 Å². The van der Waals surface area contributed by atoms with Crippen LogP contribution in [-0.4, -0.2) is 55.9 Å². The molecule has 3 atom stereocenters. The molecular formula is C27H32FN5O3. The largest absolute Gasteiger partial charge is 0.453 e. The molecule has 3 heterocycles. The SMILES string of the molecule is COC(=O)NCC(=O)N1CCC[C@H]1C1NC=C(c2ccc([C@H]3CCCN3c3ccc(F)cc3)cc2)N1. The van der Waals surface area contributed by atoms with Gasteiger partial charge in [0.15, 0.2) is 0 Å². The first-order valence-corrected chi connectivity index (χ1v) is 12.5. The van der Waals surface area contributed by atoms with Gasteiger partial charge in [-0.05, 0) is 61.1 Å². The van der Waals surface area contributed by atoms with Crippen LogP contribution in [0.25, 0.3) is 5.70 Å². The fraction of sp³-hybridized carbons (Fsp3) is 0.407. The van der Waals surface area contributed by atoms with E-state index >= 15 is 0 Å². The lowest BCUT2D eigenvalue weighted by Crippen LogP contribution is -2.53. The predicted octanol–water partition coefficient (Wildman–Crippen LogP) is 3.33. The highest BCUT2D eigenvalue weighted by Gasteiger charge is 2.36. The quantitative estimate of drug-likeness (QED) is 0.573. The van der Waals surface area contributed by atoms with Crippen LogP contribution in [0.2, 0.25) is 0 Å². The van der Waals surface area contributed by atoms with E-state index in [0.29, 0.717) is 6.54 Å². The zero-order chi connectivity index (χ0) is 25.1. The summed E-state index contributed by atoms with van der Waals surface area (Å²) < 4.78 is 17.9. The minimum absolute atomic E-state index is 0.00673. The van der Waals surface area contributed by atoms with Crippen molar-refractivity contribution in [3.63, 3.8) is 0 Å². The van der Waals surface area contributed by atoms with E-state index in [0.717, 1.165) is 49.2 Å². The molecule has 0 aliphatic carbocycles. The highest BCUT2D eigenvalue weighted by Crippen LogP contribution is 2.36. The minimum Gasteiger partial charge on any atom is -0.453 e. The standard InChI is InChI=1S/C27H32FN5O3/c1-36-27(35)30-17-25(34)33-15-3-5-24(33)26-29-16-22(31-26)18-6-8-19(9-7-18)23-4-2-14-32(23)21-12-10-20(28)11-13-21/h6-13,16,23-24,26,29,31H,2-5,14-15,17H2,1H3,(H,30,35)/t23-,24+,26?/m1/s1. The van der Waals surface area contributed by atoms with Gasteiger partial charge in [0, 0.05) is 25.0 Å². The second kappa shape index (κ2) is 10.5. The Morgan fingerprint density at radius 3 is 2.56 bits per heavy atom. The van der Waals surface area contributed by atoms with Crippen molar-refractivity contribution in [3.8, 4) is 0 Å². The number of methoxy groups -OCH3 is 1. The fourth-order valence-electron chi connectivity index (χ4n) is 5.51. The molecular weight excluding hydrogens is 461 g/mol. The van der Waals surface area contributed by atoms with Gasteiger partial charge in [0.1, 0.15) is 18.5 Å². The Bertz CT molecular complexity index is 1120. The van der Waals surface area contributed by atoms with Gasteiger partial charge in [0.25, 0.3) is 0 Å². The third kappa shape index (κ3) is 4.96. The first kappa shape index (κ1) is 24.0. The van der Waals surface area contributed by atoms with E-state index in [2.05, 4.69) is 49.9 Å². The predicted molar refractivity (Wildman–Crippen MR) is 135 cm³/mol. The Kier molecular flexibility index (Phi) is 6.97. The Labute approximate surface area is 210 Å². The van der Waals surface area contributed by atoms with E-state index in [4.69, 9.17) is 0 Å². The van der Waals surface area contributed by atoms with Gasteiger partial charge in [-0.25, -0.2) is 9.18 Å². The molecule has 2 aromatic carbocycles. The highest BCUT2D eigenvalue weighted by molar-refractivity contribution is 5.82. The van der Waals surface area contributed by atoms with Crippen LogP contribution in [0.1, 0.15) is 42.9 Å². The number of benzene rings is 2. The van der Waals surface area contributed by atoms with E-state index in [1.807, 2.05) is 23.2 Å². The summed E-state index contributed by atoms with van der Waals surface area (Å²) in [4.78, 5) is 28.2. The molecule has 2 fully saturated rings. The van der Waals surface area contributed by atoms with Crippen molar-refractivity contribution in [3.05, 3.63) is 71.7 Å². The molecule has 8 nitrogen and oxygen atoms in total. The molecule has 2 amide bonds. The molecule has 0 radical (unpaired) electrons. The second-order valence-electron chi connectivity index (χ2n) is 9.44. The average Bonchev–Trinajstić information content (AvgIpc) is 3.68. The van der Waals surface area contributed by atoms with Gasteiger partial charge in [-0.15, -0.1) is 0 Å². The van der Waals surface area contributed by atoms with E-state index in [1.165, 1.54) is 24.8 Å². The van der Waals surface area contributed by atoms with Crippen LogP contribution >= 0.6 is 0 Å². The summed E-state index contributed by atoms with van der Waals surface area (Å²) in [5, 5.41) is 9.40. The highest BCUT2D eigenvalue weighted by atomic mass is 19.1. The van der Waals surface area contributed by atoms with Crippen molar-refractivity contribution >= 4 is 23.4 Å². The smallest absolute Gasteiger partial charge is 0.407 e. The Hall–Kier alpha value is -3.75. The van der Waals surface area contributed by atoms with Crippen molar-refractivity contribution < 1.29 is 18.7 Å². The van der Waals surface area contributed by atoms with E-state index < -0.39 is 6.09 Å². The number of carbonyl (C=O) groups excluding carboxylic acids is 2. The van der Waals surface area contributed by atoms with Gasteiger partial charge < -0.3 is 30.5 Å². The first-order chi connectivity index (χ1) is 17.5. The molecule has 3 N–H and O–H groups in total. The Balaban J connectivity index is 1.21. The van der Waals surface area contributed by atoms with Gasteiger partial charge in [-0.1, -0.05) is 24.3 Å². The summed E-state index contributed by atoms with van der Waals surface area (Å²) in [5.74, 6) is -0.336. The number of nitrogens with one attached hydrogen (secondary N) is 3. The van der Waals surface area contributed by atoms with E-state index in [1.54, 1.807) is 0 Å². The third-order valence-electron chi connectivity index (χ3n) is 7.31. The zero-order valence-corrected chi connectivity index (χ0v) is 20.4. The lowest BCUT2D eigenvalue weighted by molar-refractivity contribution is -0.131. The molecule has 36 heavy (non-hydrogen) atoms. The number of rotatable bonds is 6. The molecule has 1 unspecified atom stereocenters. The summed E-state index contributed by atoms with van der Waals surface area (Å²) in [6, 6.07) is 15.6. The molecule has 0 spiro atoms. The zero-order valence-electron chi connectivity index (χ0n) is 20.4. The van der Waals surface area contributed by atoms with Crippen LogP contribution in [0.5, 0.6) is 0 Å². The van der Waals surface area contributed by atoms with Crippen molar-refractivity contribution in [1.82, 2.24) is 20.9 Å². The molecule has 0 bridgehead atoms. The normalized spacial score (nSPS) is 23.2. The Morgan fingerprint density at radius 2 is 1.81 bits per heavy atom. The number of nitrogens with zero attached hydrogens (tertiary/aromatic N) is 2. The molecule has 0 aromatic heterocycles. The van der Waals surface area contributed by atoms with Gasteiger partial charge in [-0.2, -0.15) is 0 Å². The summed E-state index contributed by atoms with van der Waals surface area (Å²) >= 11 is 0. The number of carbonyl (C=O) groups is 2. The maximum Gasteiger partial charge on any atom is 0.407 e. The maximum absolute atomic E-state index is 13.4. The van der Waals surface area contributed by atoms with Gasteiger partial charge in [-0.3, -0.25) is 4.79 Å². The molecule has 5 rings (SSSR count). The number of likely N-dealkylation sites (tertiary alicyclic amines) is 1. The molecule has 3 aliphatic rings. The van der Waals surface area contributed by atoms with Crippen molar-refractivity contribution in [2.24, 2.45) is 0 Å². The topological polar surface area (TPSA) is 85.9 Å². The van der Waals surface area contributed by atoms with E-state index in [9.17, 15) is 14.0 Å². The summed E-state index contributed by atoms with van der Waals surface area (Å²) in [5.41, 5.74) is 4.35. The Morgan fingerprint density at radius 1 is 1.06 bits per heavy atom. The number of ether oxygens (including phenoxy) is 1. The van der Waals surface area contributed by atoms with Crippen LogP contribution < -0.4 is 20.9 Å². The fourth-order valence-corrected chi connectivity index (χ4v) is 5.51. The summed E-state index contributed by atoms with van der Waals surface area (Å²) in [6.45, 7) is 1.55. The molecule has 0 saturated carbocycles. The lowest BCUT2D eigenvalue weighted by Gasteiger charge is -2.30. The first-order valence-electron chi connectivity index (χ1n) is 12.5. The number of hydrogen-bond acceptors (Lipinski definition) is 6. The van der Waals surface area contributed by atoms with Gasteiger partial charge >= 0.3 is 6.09 Å². The molecule has 2 saturated heterocycles. The average molecular weight is 494 g/mol. The van der Waals surface area contributed by atoms with Crippen LogP contribution in [0.15, 0.2) is 54.7 Å². The molecule has 190 valence electrons. The molecule has 9 heteroatoms. The number of anilines is 1. The van der Waals surface area contributed by atoms with Crippen LogP contribution in [0.3, 0.4) is 0 Å². The number of amides is 2. The van der Waals surface area contributed by atoms with Crippen molar-refractivity contribution in [2.45, 2.75) is 43.9 Å². The second-order valence-corrected chi connectivity index (χ2v) is 9.44. The van der Waals surface area contributed by atoms with Gasteiger partial charge in [0.05, 0.1) is 24.9 Å². The van der Waals surface area contributed by atoms with Crippen molar-refractivity contribution in [1.29, 1.82) is 0 Å². The van der Waals surface area contributed by atoms with Crippen LogP contribution in [0, 0.1) is 5.82 Å². The number of alkyl carbamates (subject to hydrolysis) is 1. The lowest BCUT2D eigenvalue weighted by atomic mass is 10.0. The van der Waals surface area contributed by atoms with Gasteiger partial charge in [0.2, 0.25) is 5.91 Å².